The van der Waals surface area contributed by atoms with Gasteiger partial charge in [-0.2, -0.15) is 14.8 Å². The highest BCUT2D eigenvalue weighted by molar-refractivity contribution is 7.89. The summed E-state index contributed by atoms with van der Waals surface area (Å²) in [6.45, 7) is 3.27. The molecule has 0 bridgehead atoms. The van der Waals surface area contributed by atoms with E-state index in [2.05, 4.69) is 0 Å². The quantitative estimate of drug-likeness (QED) is 0.313. The van der Waals surface area contributed by atoms with Crippen molar-refractivity contribution in [3.8, 4) is 12.1 Å². The third-order valence-electron chi connectivity index (χ3n) is 5.68. The molecule has 1 heterocycles. The summed E-state index contributed by atoms with van der Waals surface area (Å²) in [7, 11) is 0.0339. The number of carbonyl (C=O) groups excluding carboxylic acids is 1. The van der Waals surface area contributed by atoms with Crippen molar-refractivity contribution >= 4 is 55.0 Å². The second kappa shape index (κ2) is 14.2. The first-order valence-electron chi connectivity index (χ1n) is 11.8. The highest BCUT2D eigenvalue weighted by atomic mass is 35.5. The van der Waals surface area contributed by atoms with Crippen LogP contribution in [0.3, 0.4) is 0 Å². The van der Waals surface area contributed by atoms with Gasteiger partial charge in [0.05, 0.1) is 27.3 Å². The van der Waals surface area contributed by atoms with Gasteiger partial charge in [0, 0.05) is 38.0 Å². The number of hydrogen-bond acceptors (Lipinski definition) is 8. The van der Waals surface area contributed by atoms with Crippen molar-refractivity contribution in [2.75, 3.05) is 45.2 Å². The van der Waals surface area contributed by atoms with Crippen LogP contribution >= 0.6 is 23.7 Å². The van der Waals surface area contributed by atoms with Crippen LogP contribution in [0.2, 0.25) is 0 Å². The molecule has 0 radical (unpaired) electrons. The summed E-state index contributed by atoms with van der Waals surface area (Å²) >= 11 is 1.45. The van der Waals surface area contributed by atoms with Gasteiger partial charge in [0.15, 0.2) is 5.13 Å². The predicted octanol–water partition coefficient (Wildman–Crippen LogP) is 4.44. The number of nitrogens with zero attached hydrogens (tertiary/aromatic N) is 6. The number of amides is 1. The van der Waals surface area contributed by atoms with E-state index in [0.29, 0.717) is 17.2 Å². The third kappa shape index (κ3) is 7.73. The van der Waals surface area contributed by atoms with Crippen LogP contribution in [0.5, 0.6) is 0 Å². The third-order valence-corrected chi connectivity index (χ3v) is 8.63. The van der Waals surface area contributed by atoms with Crippen molar-refractivity contribution in [3.05, 3.63) is 53.6 Å². The zero-order chi connectivity index (χ0) is 27.0. The molecular formula is C26H31ClN6O3S2. The van der Waals surface area contributed by atoms with Crippen molar-refractivity contribution < 1.29 is 13.2 Å². The molecular weight excluding hydrogens is 544 g/mol. The van der Waals surface area contributed by atoms with Crippen LogP contribution in [0.4, 0.5) is 5.13 Å². The molecule has 0 aliphatic rings. The summed E-state index contributed by atoms with van der Waals surface area (Å²) in [5, 5.41) is 18.4. The minimum absolute atomic E-state index is 0. The molecule has 0 fully saturated rings. The Morgan fingerprint density at radius 1 is 0.974 bits per heavy atom. The number of fused-ring (bicyclic) bond motifs is 1. The zero-order valence-corrected chi connectivity index (χ0v) is 24.1. The van der Waals surface area contributed by atoms with Gasteiger partial charge in [0.1, 0.15) is 0 Å². The Bertz CT molecular complexity index is 1410. The average molecular weight is 575 g/mol. The molecule has 0 spiro atoms. The van der Waals surface area contributed by atoms with Crippen molar-refractivity contribution in [2.24, 2.45) is 0 Å². The lowest BCUT2D eigenvalue weighted by Gasteiger charge is -2.22. The molecule has 0 N–H and O–H groups in total. The summed E-state index contributed by atoms with van der Waals surface area (Å²) in [4.78, 5) is 22.0. The van der Waals surface area contributed by atoms with E-state index in [4.69, 9.17) is 15.5 Å². The largest absolute Gasteiger partial charge is 0.309 e. The van der Waals surface area contributed by atoms with E-state index in [1.54, 1.807) is 4.90 Å². The molecule has 0 aliphatic heterocycles. The summed E-state index contributed by atoms with van der Waals surface area (Å²) in [5.41, 5.74) is 2.29. The maximum Gasteiger partial charge on any atom is 0.260 e. The summed E-state index contributed by atoms with van der Waals surface area (Å²) in [6, 6.07) is 15.6. The number of benzene rings is 2. The lowest BCUT2D eigenvalue weighted by molar-refractivity contribution is 0.0986. The van der Waals surface area contributed by atoms with Gasteiger partial charge in [-0.15, -0.1) is 12.4 Å². The van der Waals surface area contributed by atoms with Gasteiger partial charge in [-0.1, -0.05) is 17.4 Å². The standard InChI is InChI=1S/C26H30N6O3S2.ClH/c1-20-7-12-23-24(19-20)36-26(29-23)32(18-6-15-30(2)3)25(33)21-8-10-22(11-9-21)37(34,35)31(16-4-13-27)17-5-14-28;/h7-12,19H,4-6,15-18H2,1-3H3;1H. The first kappa shape index (κ1) is 31.2. The summed E-state index contributed by atoms with van der Waals surface area (Å²) < 4.78 is 28.4. The van der Waals surface area contributed by atoms with E-state index < -0.39 is 10.0 Å². The monoisotopic (exact) mass is 574 g/mol. The van der Waals surface area contributed by atoms with Crippen LogP contribution in [0.25, 0.3) is 10.2 Å². The van der Waals surface area contributed by atoms with E-state index in [-0.39, 0.29) is 49.1 Å². The number of thiazole rings is 1. The number of anilines is 1. The maximum atomic E-state index is 13.6. The number of halogens is 1. The number of carbonyl (C=O) groups is 1. The molecule has 1 amide bonds. The Hall–Kier alpha value is -3.06. The van der Waals surface area contributed by atoms with E-state index in [9.17, 15) is 13.2 Å². The van der Waals surface area contributed by atoms with E-state index in [1.807, 2.05) is 56.3 Å². The number of hydrogen-bond donors (Lipinski definition) is 0. The number of rotatable bonds is 12. The topological polar surface area (TPSA) is 121 Å². The van der Waals surface area contributed by atoms with Crippen molar-refractivity contribution in [1.29, 1.82) is 10.5 Å². The molecule has 3 aromatic rings. The molecule has 202 valence electrons. The van der Waals surface area contributed by atoms with Crippen LogP contribution in [-0.4, -0.2) is 68.8 Å². The number of aryl methyl sites for hydroxylation is 1. The summed E-state index contributed by atoms with van der Waals surface area (Å²) in [6.07, 6.45) is 0.780. The molecule has 0 aliphatic carbocycles. The maximum absolute atomic E-state index is 13.6. The van der Waals surface area contributed by atoms with Crippen LogP contribution in [0, 0.1) is 29.6 Å². The highest BCUT2D eigenvalue weighted by Gasteiger charge is 2.26. The Kier molecular flexibility index (Phi) is 11.6. The highest BCUT2D eigenvalue weighted by Crippen LogP contribution is 2.31. The Labute approximate surface area is 234 Å². The van der Waals surface area contributed by atoms with Crippen LogP contribution < -0.4 is 4.90 Å². The van der Waals surface area contributed by atoms with Crippen LogP contribution in [-0.2, 0) is 10.0 Å². The van der Waals surface area contributed by atoms with E-state index >= 15 is 0 Å². The number of aromatic nitrogens is 1. The fraction of sp³-hybridized carbons (Fsp3) is 0.385. The van der Waals surface area contributed by atoms with E-state index in [1.165, 1.54) is 35.6 Å². The van der Waals surface area contributed by atoms with Crippen molar-refractivity contribution in [3.63, 3.8) is 0 Å². The van der Waals surface area contributed by atoms with Crippen molar-refractivity contribution in [1.82, 2.24) is 14.2 Å². The second-order valence-electron chi connectivity index (χ2n) is 8.83. The lowest BCUT2D eigenvalue weighted by Crippen LogP contribution is -2.34. The Morgan fingerprint density at radius 2 is 1.61 bits per heavy atom. The molecule has 0 unspecified atom stereocenters. The van der Waals surface area contributed by atoms with Gasteiger partial charge >= 0.3 is 0 Å². The molecule has 0 saturated heterocycles. The Morgan fingerprint density at radius 3 is 2.18 bits per heavy atom. The molecule has 9 nitrogen and oxygen atoms in total. The smallest absolute Gasteiger partial charge is 0.260 e. The Balaban J connectivity index is 0.00000507. The fourth-order valence-electron chi connectivity index (χ4n) is 3.74. The fourth-order valence-corrected chi connectivity index (χ4v) is 6.27. The number of sulfonamides is 1. The zero-order valence-electron chi connectivity index (χ0n) is 21.6. The van der Waals surface area contributed by atoms with Gasteiger partial charge in [0.25, 0.3) is 5.91 Å². The molecule has 2 aromatic carbocycles. The molecule has 0 saturated carbocycles. The second-order valence-corrected chi connectivity index (χ2v) is 11.8. The van der Waals surface area contributed by atoms with Crippen molar-refractivity contribution in [2.45, 2.75) is 31.1 Å². The lowest BCUT2D eigenvalue weighted by atomic mass is 10.2. The van der Waals surface area contributed by atoms with Gasteiger partial charge < -0.3 is 4.90 Å². The minimum Gasteiger partial charge on any atom is -0.309 e. The SMILES string of the molecule is Cc1ccc2nc(N(CCCN(C)C)C(=O)c3ccc(S(=O)(=O)N(CCC#N)CCC#N)cc3)sc2c1.Cl. The molecule has 12 heteroatoms. The molecule has 1 aromatic heterocycles. The van der Waals surface area contributed by atoms with Crippen LogP contribution in [0.15, 0.2) is 47.4 Å². The average Bonchev–Trinajstić information content (AvgIpc) is 3.29. The van der Waals surface area contributed by atoms with E-state index in [0.717, 1.165) is 33.1 Å². The van der Waals surface area contributed by atoms with Gasteiger partial charge in [-0.25, -0.2) is 13.4 Å². The first-order valence-corrected chi connectivity index (χ1v) is 14.1. The molecule has 38 heavy (non-hydrogen) atoms. The summed E-state index contributed by atoms with van der Waals surface area (Å²) in [5.74, 6) is -0.260. The van der Waals surface area contributed by atoms with Crippen LogP contribution in [0.1, 0.15) is 35.2 Å². The minimum atomic E-state index is -3.92. The predicted molar refractivity (Wildman–Crippen MR) is 152 cm³/mol. The normalized spacial score (nSPS) is 11.2. The number of nitriles is 2. The molecule has 0 atom stereocenters. The van der Waals surface area contributed by atoms with Gasteiger partial charge in [0.2, 0.25) is 10.0 Å². The van der Waals surface area contributed by atoms with Gasteiger partial charge in [-0.05, 0) is 75.9 Å². The molecule has 3 rings (SSSR count). The van der Waals surface area contributed by atoms with Gasteiger partial charge in [-0.3, -0.25) is 9.69 Å². The first-order chi connectivity index (χ1) is 17.7.